The molecule has 0 bridgehead atoms. The van der Waals surface area contributed by atoms with Crippen molar-refractivity contribution in [2.75, 3.05) is 25.7 Å². The molecule has 0 aliphatic rings. The average Bonchev–Trinajstić information content (AvgIpc) is 2.46. The summed E-state index contributed by atoms with van der Waals surface area (Å²) in [5.41, 5.74) is 0.782. The monoisotopic (exact) mass is 281 g/mol. The zero-order chi connectivity index (χ0) is 15.1. The van der Waals surface area contributed by atoms with E-state index in [1.807, 2.05) is 30.9 Å². The van der Waals surface area contributed by atoms with Gasteiger partial charge in [0.1, 0.15) is 17.5 Å². The molecular weight excluding hydrogens is 258 g/mol. The second kappa shape index (κ2) is 7.62. The Hall–Kier alpha value is -1.91. The summed E-state index contributed by atoms with van der Waals surface area (Å²) >= 11 is 0. The van der Waals surface area contributed by atoms with Crippen molar-refractivity contribution in [2.24, 2.45) is 0 Å². The first-order valence-corrected chi connectivity index (χ1v) is 6.80. The van der Waals surface area contributed by atoms with E-state index < -0.39 is 12.0 Å². The summed E-state index contributed by atoms with van der Waals surface area (Å²) in [6, 6.07) is 4.87. The van der Waals surface area contributed by atoms with Crippen molar-refractivity contribution >= 4 is 11.7 Å². The van der Waals surface area contributed by atoms with Crippen LogP contribution in [0.15, 0.2) is 18.2 Å². The van der Waals surface area contributed by atoms with E-state index in [9.17, 15) is 9.90 Å². The minimum absolute atomic E-state index is 0.532. The van der Waals surface area contributed by atoms with Crippen LogP contribution in [0.1, 0.15) is 26.7 Å². The van der Waals surface area contributed by atoms with Gasteiger partial charge in [-0.1, -0.05) is 13.8 Å². The van der Waals surface area contributed by atoms with Gasteiger partial charge in [0.25, 0.3) is 0 Å². The third-order valence-electron chi connectivity index (χ3n) is 3.21. The minimum atomic E-state index is -0.821. The summed E-state index contributed by atoms with van der Waals surface area (Å²) in [7, 11) is 3.16. The van der Waals surface area contributed by atoms with Crippen molar-refractivity contribution < 1.29 is 19.4 Å². The largest absolute Gasteiger partial charge is 0.497 e. The maximum Gasteiger partial charge on any atom is 0.326 e. The molecule has 20 heavy (non-hydrogen) atoms. The molecule has 0 spiro atoms. The highest BCUT2D eigenvalue weighted by Gasteiger charge is 2.25. The third kappa shape index (κ3) is 3.56. The Morgan fingerprint density at radius 3 is 2.45 bits per heavy atom. The van der Waals surface area contributed by atoms with Crippen molar-refractivity contribution in [3.8, 4) is 11.5 Å². The van der Waals surface area contributed by atoms with Gasteiger partial charge in [0, 0.05) is 12.6 Å². The van der Waals surface area contributed by atoms with Gasteiger partial charge in [-0.15, -0.1) is 0 Å². The van der Waals surface area contributed by atoms with E-state index in [1.165, 1.54) is 0 Å². The van der Waals surface area contributed by atoms with Crippen LogP contribution in [0.3, 0.4) is 0 Å². The lowest BCUT2D eigenvalue weighted by molar-refractivity contribution is -0.138. The zero-order valence-electron chi connectivity index (χ0n) is 12.5. The quantitative estimate of drug-likeness (QED) is 0.794. The number of anilines is 1. The molecule has 1 aromatic rings. The third-order valence-corrected chi connectivity index (χ3v) is 3.21. The maximum atomic E-state index is 11.4. The number of benzene rings is 1. The molecule has 5 heteroatoms. The highest BCUT2D eigenvalue weighted by Crippen LogP contribution is 2.34. The molecule has 0 heterocycles. The van der Waals surface area contributed by atoms with Gasteiger partial charge in [0.05, 0.1) is 19.9 Å². The lowest BCUT2D eigenvalue weighted by Gasteiger charge is -2.31. The van der Waals surface area contributed by atoms with Crippen LogP contribution >= 0.6 is 0 Å². The van der Waals surface area contributed by atoms with Gasteiger partial charge in [0.15, 0.2) is 0 Å². The van der Waals surface area contributed by atoms with E-state index in [0.717, 1.165) is 12.1 Å². The lowest BCUT2D eigenvalue weighted by Crippen LogP contribution is -2.41. The predicted molar refractivity (Wildman–Crippen MR) is 78.9 cm³/mol. The van der Waals surface area contributed by atoms with E-state index in [4.69, 9.17) is 9.47 Å². The first-order valence-electron chi connectivity index (χ1n) is 6.80. The van der Waals surface area contributed by atoms with Gasteiger partial charge >= 0.3 is 5.97 Å². The standard InChI is InChI=1S/C15H23NO4/c1-5-9-16(12(6-2)15(17)18)13-8-7-11(19-3)10-14(13)20-4/h7-8,10,12H,5-6,9H2,1-4H3,(H,17,18). The number of rotatable bonds is 8. The highest BCUT2D eigenvalue weighted by atomic mass is 16.5. The Labute approximate surface area is 120 Å². The summed E-state index contributed by atoms with van der Waals surface area (Å²) in [5.74, 6) is 0.488. The number of aliphatic carboxylic acids is 1. The molecule has 0 saturated heterocycles. The Morgan fingerprint density at radius 1 is 1.30 bits per heavy atom. The molecule has 0 saturated carbocycles. The van der Waals surface area contributed by atoms with Crippen molar-refractivity contribution in [1.82, 2.24) is 0 Å². The zero-order valence-corrected chi connectivity index (χ0v) is 12.5. The van der Waals surface area contributed by atoms with Crippen LogP contribution in [0, 0.1) is 0 Å². The fraction of sp³-hybridized carbons (Fsp3) is 0.533. The molecule has 112 valence electrons. The Bertz CT molecular complexity index is 447. The molecule has 1 atom stereocenters. The predicted octanol–water partition coefficient (Wildman–Crippen LogP) is 2.78. The fourth-order valence-corrected chi connectivity index (χ4v) is 2.24. The van der Waals surface area contributed by atoms with Crippen LogP contribution in [0.2, 0.25) is 0 Å². The SMILES string of the molecule is CCCN(c1ccc(OC)cc1OC)C(CC)C(=O)O. The number of ether oxygens (including phenoxy) is 2. The van der Waals surface area contributed by atoms with E-state index in [1.54, 1.807) is 20.3 Å². The number of nitrogens with zero attached hydrogens (tertiary/aromatic N) is 1. The maximum absolute atomic E-state index is 11.4. The van der Waals surface area contributed by atoms with Crippen molar-refractivity contribution in [1.29, 1.82) is 0 Å². The number of methoxy groups -OCH3 is 2. The molecule has 0 radical (unpaired) electrons. The van der Waals surface area contributed by atoms with Crippen LogP contribution in [-0.4, -0.2) is 37.9 Å². The van der Waals surface area contributed by atoms with E-state index in [2.05, 4.69) is 0 Å². The van der Waals surface area contributed by atoms with Crippen LogP contribution in [0.4, 0.5) is 5.69 Å². The molecule has 1 N–H and O–H groups in total. The molecule has 1 unspecified atom stereocenters. The minimum Gasteiger partial charge on any atom is -0.497 e. The molecule has 0 aliphatic heterocycles. The van der Waals surface area contributed by atoms with E-state index in [0.29, 0.717) is 24.5 Å². The fourth-order valence-electron chi connectivity index (χ4n) is 2.24. The first-order chi connectivity index (χ1) is 9.58. The molecule has 0 amide bonds. The van der Waals surface area contributed by atoms with E-state index >= 15 is 0 Å². The molecule has 5 nitrogen and oxygen atoms in total. The second-order valence-corrected chi connectivity index (χ2v) is 4.49. The second-order valence-electron chi connectivity index (χ2n) is 4.49. The topological polar surface area (TPSA) is 59.0 Å². The summed E-state index contributed by atoms with van der Waals surface area (Å²) in [6.07, 6.45) is 1.39. The Balaban J connectivity index is 3.22. The summed E-state index contributed by atoms with van der Waals surface area (Å²) in [6.45, 7) is 4.56. The van der Waals surface area contributed by atoms with Gasteiger partial charge in [-0.3, -0.25) is 0 Å². The number of carboxylic acid groups (broad SMARTS) is 1. The first kappa shape index (κ1) is 16.1. The average molecular weight is 281 g/mol. The van der Waals surface area contributed by atoms with Crippen LogP contribution in [0.5, 0.6) is 11.5 Å². The van der Waals surface area contributed by atoms with Crippen molar-refractivity contribution in [3.05, 3.63) is 18.2 Å². The van der Waals surface area contributed by atoms with Gasteiger partial charge in [-0.2, -0.15) is 0 Å². The van der Waals surface area contributed by atoms with Crippen molar-refractivity contribution in [2.45, 2.75) is 32.7 Å². The molecular formula is C15H23NO4. The number of carbonyl (C=O) groups is 1. The van der Waals surface area contributed by atoms with Gasteiger partial charge in [-0.05, 0) is 25.0 Å². The number of hydrogen-bond acceptors (Lipinski definition) is 4. The summed E-state index contributed by atoms with van der Waals surface area (Å²) in [5, 5.41) is 9.39. The van der Waals surface area contributed by atoms with Gasteiger partial charge in [-0.25, -0.2) is 4.79 Å². The molecule has 0 aliphatic carbocycles. The number of carboxylic acids is 1. The van der Waals surface area contributed by atoms with Gasteiger partial charge < -0.3 is 19.5 Å². The Kier molecular flexibility index (Phi) is 6.15. The van der Waals surface area contributed by atoms with E-state index in [-0.39, 0.29) is 0 Å². The molecule has 1 aromatic carbocycles. The van der Waals surface area contributed by atoms with Gasteiger partial charge in [0.2, 0.25) is 0 Å². The number of hydrogen-bond donors (Lipinski definition) is 1. The van der Waals surface area contributed by atoms with Crippen LogP contribution in [-0.2, 0) is 4.79 Å². The molecule has 0 fully saturated rings. The smallest absolute Gasteiger partial charge is 0.326 e. The lowest BCUT2D eigenvalue weighted by atomic mass is 10.1. The molecule has 0 aromatic heterocycles. The summed E-state index contributed by atoms with van der Waals surface area (Å²) in [4.78, 5) is 13.3. The highest BCUT2D eigenvalue weighted by molar-refractivity contribution is 5.79. The summed E-state index contributed by atoms with van der Waals surface area (Å²) < 4.78 is 10.5. The van der Waals surface area contributed by atoms with Crippen LogP contribution in [0.25, 0.3) is 0 Å². The Morgan fingerprint density at radius 2 is 2.00 bits per heavy atom. The normalized spacial score (nSPS) is 11.8. The van der Waals surface area contributed by atoms with Crippen LogP contribution < -0.4 is 14.4 Å². The van der Waals surface area contributed by atoms with Crippen molar-refractivity contribution in [3.63, 3.8) is 0 Å². The molecule has 1 rings (SSSR count).